The van der Waals surface area contributed by atoms with Crippen LogP contribution < -0.4 is 10.6 Å². The minimum absolute atomic E-state index is 0.0920. The number of pyridine rings is 1. The molecule has 0 fully saturated rings. The Balaban J connectivity index is 1.83. The van der Waals surface area contributed by atoms with Crippen LogP contribution in [0.2, 0.25) is 0 Å². The standard InChI is InChI=1S/C13H18N6O/c1-10-8-11(9-12(14-2)17-10)13(20)15-4-3-6-19-7-5-16-18-19/h5,7-9H,3-4,6H2,1-2H3,(H,14,17)(H,15,20). The molecule has 2 rings (SSSR count). The Bertz CT molecular complexity index is 566. The van der Waals surface area contributed by atoms with Crippen molar-refractivity contribution in [3.8, 4) is 0 Å². The van der Waals surface area contributed by atoms with E-state index in [9.17, 15) is 4.79 Å². The Morgan fingerprint density at radius 2 is 2.25 bits per heavy atom. The lowest BCUT2D eigenvalue weighted by atomic mass is 10.2. The maximum absolute atomic E-state index is 12.0. The van der Waals surface area contributed by atoms with Crippen molar-refractivity contribution in [1.82, 2.24) is 25.3 Å². The first-order valence-corrected chi connectivity index (χ1v) is 6.48. The molecule has 7 heteroatoms. The third kappa shape index (κ3) is 3.78. The molecule has 0 spiro atoms. The van der Waals surface area contributed by atoms with Crippen LogP contribution in [-0.4, -0.2) is 39.5 Å². The number of carbonyl (C=O) groups is 1. The zero-order valence-corrected chi connectivity index (χ0v) is 11.6. The average Bonchev–Trinajstić information content (AvgIpc) is 2.95. The summed E-state index contributed by atoms with van der Waals surface area (Å²) in [5.74, 6) is 0.600. The largest absolute Gasteiger partial charge is 0.373 e. The van der Waals surface area contributed by atoms with Gasteiger partial charge in [-0.05, 0) is 25.5 Å². The highest BCUT2D eigenvalue weighted by Gasteiger charge is 2.07. The smallest absolute Gasteiger partial charge is 0.251 e. The first kappa shape index (κ1) is 14.0. The molecule has 2 aromatic heterocycles. The molecule has 0 unspecified atom stereocenters. The number of nitrogens with one attached hydrogen (secondary N) is 2. The summed E-state index contributed by atoms with van der Waals surface area (Å²) in [6.07, 6.45) is 4.24. The van der Waals surface area contributed by atoms with Crippen molar-refractivity contribution < 1.29 is 4.79 Å². The molecular weight excluding hydrogens is 256 g/mol. The summed E-state index contributed by atoms with van der Waals surface area (Å²) in [4.78, 5) is 16.3. The highest BCUT2D eigenvalue weighted by atomic mass is 16.1. The number of aromatic nitrogens is 4. The van der Waals surface area contributed by atoms with Crippen LogP contribution in [0.15, 0.2) is 24.5 Å². The van der Waals surface area contributed by atoms with Gasteiger partial charge in [-0.1, -0.05) is 5.21 Å². The van der Waals surface area contributed by atoms with Gasteiger partial charge in [0.05, 0.1) is 6.20 Å². The van der Waals surface area contributed by atoms with Crippen LogP contribution in [0.4, 0.5) is 5.82 Å². The lowest BCUT2D eigenvalue weighted by molar-refractivity contribution is 0.0952. The van der Waals surface area contributed by atoms with E-state index in [2.05, 4.69) is 25.9 Å². The van der Waals surface area contributed by atoms with Gasteiger partial charge in [0.1, 0.15) is 5.82 Å². The molecule has 0 atom stereocenters. The zero-order chi connectivity index (χ0) is 14.4. The van der Waals surface area contributed by atoms with Gasteiger partial charge in [0.2, 0.25) is 0 Å². The summed E-state index contributed by atoms with van der Waals surface area (Å²) in [5.41, 5.74) is 1.42. The third-order valence-electron chi connectivity index (χ3n) is 2.79. The van der Waals surface area contributed by atoms with Crippen LogP contribution in [0.1, 0.15) is 22.5 Å². The molecule has 0 aliphatic heterocycles. The molecule has 2 aromatic rings. The molecule has 0 radical (unpaired) electrons. The molecule has 2 heterocycles. The second kappa shape index (κ2) is 6.65. The predicted octanol–water partition coefficient (Wildman–Crippen LogP) is 0.843. The van der Waals surface area contributed by atoms with Gasteiger partial charge in [-0.15, -0.1) is 5.10 Å². The Morgan fingerprint density at radius 3 is 2.95 bits per heavy atom. The van der Waals surface area contributed by atoms with E-state index in [-0.39, 0.29) is 5.91 Å². The van der Waals surface area contributed by atoms with Crippen LogP contribution in [0, 0.1) is 6.92 Å². The normalized spacial score (nSPS) is 10.3. The molecule has 0 saturated carbocycles. The Hall–Kier alpha value is -2.44. The van der Waals surface area contributed by atoms with E-state index in [4.69, 9.17) is 0 Å². The molecule has 0 aliphatic rings. The molecule has 1 amide bonds. The quantitative estimate of drug-likeness (QED) is 0.763. The number of anilines is 1. The fourth-order valence-corrected chi connectivity index (χ4v) is 1.82. The van der Waals surface area contributed by atoms with Crippen LogP contribution in [-0.2, 0) is 6.54 Å². The molecule has 7 nitrogen and oxygen atoms in total. The van der Waals surface area contributed by atoms with Crippen molar-refractivity contribution >= 4 is 11.7 Å². The summed E-state index contributed by atoms with van der Waals surface area (Å²) in [5, 5.41) is 13.4. The van der Waals surface area contributed by atoms with Crippen molar-refractivity contribution in [1.29, 1.82) is 0 Å². The van der Waals surface area contributed by atoms with E-state index in [1.165, 1.54) is 0 Å². The van der Waals surface area contributed by atoms with Gasteiger partial charge >= 0.3 is 0 Å². The first-order valence-electron chi connectivity index (χ1n) is 6.48. The van der Waals surface area contributed by atoms with Crippen LogP contribution >= 0.6 is 0 Å². The van der Waals surface area contributed by atoms with E-state index >= 15 is 0 Å². The fraction of sp³-hybridized carbons (Fsp3) is 0.385. The topological polar surface area (TPSA) is 84.7 Å². The molecule has 20 heavy (non-hydrogen) atoms. The summed E-state index contributed by atoms with van der Waals surface area (Å²) in [7, 11) is 1.78. The molecule has 106 valence electrons. The van der Waals surface area contributed by atoms with Crippen LogP contribution in [0.25, 0.3) is 0 Å². The molecule has 0 aliphatic carbocycles. The van der Waals surface area contributed by atoms with E-state index in [0.717, 1.165) is 18.7 Å². The van der Waals surface area contributed by atoms with Gasteiger partial charge in [0.15, 0.2) is 0 Å². The molecule has 2 N–H and O–H groups in total. The lowest BCUT2D eigenvalue weighted by Crippen LogP contribution is -2.25. The van der Waals surface area contributed by atoms with E-state index in [1.54, 1.807) is 36.3 Å². The Morgan fingerprint density at radius 1 is 1.40 bits per heavy atom. The molecular formula is C13H18N6O. The minimum atomic E-state index is -0.0920. The second-order valence-electron chi connectivity index (χ2n) is 4.41. The predicted molar refractivity (Wildman–Crippen MR) is 75.5 cm³/mol. The number of aryl methyl sites for hydroxylation is 2. The monoisotopic (exact) mass is 274 g/mol. The molecule has 0 saturated heterocycles. The SMILES string of the molecule is CNc1cc(C(=O)NCCCn2ccnn2)cc(C)n1. The Labute approximate surface area is 117 Å². The number of nitrogens with zero attached hydrogens (tertiary/aromatic N) is 4. The summed E-state index contributed by atoms with van der Waals surface area (Å²) >= 11 is 0. The average molecular weight is 274 g/mol. The fourth-order valence-electron chi connectivity index (χ4n) is 1.82. The second-order valence-corrected chi connectivity index (χ2v) is 4.41. The van der Waals surface area contributed by atoms with Crippen molar-refractivity contribution in [3.63, 3.8) is 0 Å². The van der Waals surface area contributed by atoms with Crippen molar-refractivity contribution in [3.05, 3.63) is 35.8 Å². The number of hydrogen-bond donors (Lipinski definition) is 2. The Kier molecular flexibility index (Phi) is 4.65. The van der Waals surface area contributed by atoms with Crippen LogP contribution in [0.5, 0.6) is 0 Å². The summed E-state index contributed by atoms with van der Waals surface area (Å²) < 4.78 is 1.74. The van der Waals surface area contributed by atoms with Crippen molar-refractivity contribution in [2.24, 2.45) is 0 Å². The van der Waals surface area contributed by atoms with E-state index in [0.29, 0.717) is 17.9 Å². The van der Waals surface area contributed by atoms with Crippen molar-refractivity contribution in [2.75, 3.05) is 18.9 Å². The molecule has 0 aromatic carbocycles. The minimum Gasteiger partial charge on any atom is -0.373 e. The molecule has 0 bridgehead atoms. The van der Waals surface area contributed by atoms with E-state index in [1.807, 2.05) is 6.92 Å². The van der Waals surface area contributed by atoms with Gasteiger partial charge < -0.3 is 10.6 Å². The number of hydrogen-bond acceptors (Lipinski definition) is 5. The van der Waals surface area contributed by atoms with E-state index < -0.39 is 0 Å². The summed E-state index contributed by atoms with van der Waals surface area (Å²) in [6.45, 7) is 3.19. The van der Waals surface area contributed by atoms with Crippen molar-refractivity contribution in [2.45, 2.75) is 19.9 Å². The highest BCUT2D eigenvalue weighted by Crippen LogP contribution is 2.09. The number of amides is 1. The van der Waals surface area contributed by atoms with Crippen LogP contribution in [0.3, 0.4) is 0 Å². The number of carbonyl (C=O) groups excluding carboxylic acids is 1. The summed E-state index contributed by atoms with van der Waals surface area (Å²) in [6, 6.07) is 3.51. The highest BCUT2D eigenvalue weighted by molar-refractivity contribution is 5.94. The maximum Gasteiger partial charge on any atom is 0.251 e. The van der Waals surface area contributed by atoms with Gasteiger partial charge in [-0.3, -0.25) is 9.48 Å². The lowest BCUT2D eigenvalue weighted by Gasteiger charge is -2.08. The number of rotatable bonds is 6. The first-order chi connectivity index (χ1) is 9.69. The van der Waals surface area contributed by atoms with Gasteiger partial charge in [-0.2, -0.15) is 0 Å². The zero-order valence-electron chi connectivity index (χ0n) is 11.6. The van der Waals surface area contributed by atoms with Gasteiger partial charge in [-0.25, -0.2) is 4.98 Å². The maximum atomic E-state index is 12.0. The van der Waals surface area contributed by atoms with Gasteiger partial charge in [0.25, 0.3) is 5.91 Å². The van der Waals surface area contributed by atoms with Gasteiger partial charge in [0, 0.05) is 37.6 Å². The third-order valence-corrected chi connectivity index (χ3v) is 2.79.